The second kappa shape index (κ2) is 7.47. The summed E-state index contributed by atoms with van der Waals surface area (Å²) in [5.74, 6) is -1.27. The zero-order valence-electron chi connectivity index (χ0n) is 12.8. The molecule has 122 valence electrons. The van der Waals surface area contributed by atoms with Gasteiger partial charge in [-0.05, 0) is 39.0 Å². The Kier molecular flexibility index (Phi) is 6.20. The van der Waals surface area contributed by atoms with Crippen molar-refractivity contribution in [2.75, 3.05) is 18.2 Å². The van der Waals surface area contributed by atoms with E-state index in [1.807, 2.05) is 0 Å². The van der Waals surface area contributed by atoms with Gasteiger partial charge in [-0.3, -0.25) is 0 Å². The van der Waals surface area contributed by atoms with Crippen LogP contribution in [0.2, 0.25) is 0 Å². The number of aliphatic hydroxyl groups is 1. The molecule has 0 fully saturated rings. The molecule has 6 nitrogen and oxygen atoms in total. The molecule has 0 heterocycles. The molecule has 1 atom stereocenters. The van der Waals surface area contributed by atoms with Crippen molar-refractivity contribution in [1.29, 1.82) is 0 Å². The molecule has 1 aromatic carbocycles. The molecular formula is C15H20ClNO5. The highest BCUT2D eigenvalue weighted by atomic mass is 35.5. The van der Waals surface area contributed by atoms with Crippen molar-refractivity contribution in [3.8, 4) is 0 Å². The summed E-state index contributed by atoms with van der Waals surface area (Å²) < 4.78 is 10.1. The lowest BCUT2D eigenvalue weighted by Gasteiger charge is -2.19. The van der Waals surface area contributed by atoms with Crippen molar-refractivity contribution in [3.63, 3.8) is 0 Å². The number of carbonyl (C=O) groups is 2. The molecule has 1 unspecified atom stereocenters. The molecule has 3 N–H and O–H groups in total. The average Bonchev–Trinajstić information content (AvgIpc) is 2.42. The molecule has 0 saturated carbocycles. The van der Waals surface area contributed by atoms with Gasteiger partial charge in [0, 0.05) is 5.69 Å². The standard InChI is InChI=1S/C15H20ClNO5/c1-15(2,3)22-13(19)9-4-5-11(12(17)6-9)14(20)21-8-10(18)7-16/h4-6,10,18H,7-8,17H2,1-3H3. The molecule has 0 aliphatic heterocycles. The van der Waals surface area contributed by atoms with Crippen LogP contribution in [-0.4, -0.2) is 41.2 Å². The van der Waals surface area contributed by atoms with Gasteiger partial charge in [0.25, 0.3) is 0 Å². The van der Waals surface area contributed by atoms with Crippen molar-refractivity contribution < 1.29 is 24.2 Å². The number of hydrogen-bond donors (Lipinski definition) is 2. The average molecular weight is 330 g/mol. The van der Waals surface area contributed by atoms with E-state index in [1.165, 1.54) is 18.2 Å². The van der Waals surface area contributed by atoms with Gasteiger partial charge >= 0.3 is 11.9 Å². The predicted octanol–water partition coefficient (Wildman–Crippen LogP) is 1.98. The number of nitrogens with two attached hydrogens (primary N) is 1. The minimum atomic E-state index is -0.937. The lowest BCUT2D eigenvalue weighted by molar-refractivity contribution is 0.00689. The zero-order chi connectivity index (χ0) is 16.9. The maximum Gasteiger partial charge on any atom is 0.340 e. The molecule has 0 aliphatic rings. The van der Waals surface area contributed by atoms with E-state index in [4.69, 9.17) is 26.8 Å². The molecule has 0 bridgehead atoms. The van der Waals surface area contributed by atoms with Gasteiger partial charge in [0.2, 0.25) is 0 Å². The van der Waals surface area contributed by atoms with E-state index in [0.29, 0.717) is 0 Å². The highest BCUT2D eigenvalue weighted by Crippen LogP contribution is 2.18. The van der Waals surface area contributed by atoms with Gasteiger partial charge in [0.1, 0.15) is 18.3 Å². The third-order valence-corrected chi connectivity index (χ3v) is 2.85. The predicted molar refractivity (Wildman–Crippen MR) is 83.0 cm³/mol. The number of rotatable bonds is 5. The summed E-state index contributed by atoms with van der Waals surface area (Å²) in [5, 5.41) is 9.25. The summed E-state index contributed by atoms with van der Waals surface area (Å²) in [4.78, 5) is 23.7. The Balaban J connectivity index is 2.81. The summed E-state index contributed by atoms with van der Waals surface area (Å²) in [6, 6.07) is 4.16. The van der Waals surface area contributed by atoms with Gasteiger partial charge in [-0.1, -0.05) is 0 Å². The highest BCUT2D eigenvalue weighted by Gasteiger charge is 2.20. The second-order valence-electron chi connectivity index (χ2n) is 5.71. The minimum Gasteiger partial charge on any atom is -0.459 e. The molecule has 0 aromatic heterocycles. The first-order valence-electron chi connectivity index (χ1n) is 6.68. The van der Waals surface area contributed by atoms with E-state index in [2.05, 4.69) is 0 Å². The van der Waals surface area contributed by atoms with Crippen LogP contribution in [0.1, 0.15) is 41.5 Å². The first kappa shape index (κ1) is 18.3. The molecule has 0 aliphatic carbocycles. The van der Waals surface area contributed by atoms with Crippen molar-refractivity contribution in [2.45, 2.75) is 32.5 Å². The fourth-order valence-electron chi connectivity index (χ4n) is 1.51. The molecule has 1 rings (SSSR count). The molecular weight excluding hydrogens is 310 g/mol. The summed E-state index contributed by atoms with van der Waals surface area (Å²) in [6.07, 6.45) is -0.937. The lowest BCUT2D eigenvalue weighted by Crippen LogP contribution is -2.24. The number of ether oxygens (including phenoxy) is 2. The summed E-state index contributed by atoms with van der Waals surface area (Å²) in [5.41, 5.74) is 5.58. The van der Waals surface area contributed by atoms with Crippen molar-refractivity contribution in [2.24, 2.45) is 0 Å². The fraction of sp³-hybridized carbons (Fsp3) is 0.467. The molecule has 1 aromatic rings. The summed E-state index contributed by atoms with van der Waals surface area (Å²) in [6.45, 7) is 5.03. The molecule has 0 radical (unpaired) electrons. The SMILES string of the molecule is CC(C)(C)OC(=O)c1ccc(C(=O)OCC(O)CCl)c(N)c1. The Morgan fingerprint density at radius 3 is 2.45 bits per heavy atom. The maximum absolute atomic E-state index is 11.9. The first-order chi connectivity index (χ1) is 10.1. The van der Waals surface area contributed by atoms with Gasteiger partial charge in [-0.2, -0.15) is 0 Å². The smallest absolute Gasteiger partial charge is 0.340 e. The van der Waals surface area contributed by atoms with Crippen LogP contribution >= 0.6 is 11.6 Å². The fourth-order valence-corrected chi connectivity index (χ4v) is 1.60. The Hall–Kier alpha value is -1.79. The molecule has 0 saturated heterocycles. The Bertz CT molecular complexity index is 553. The van der Waals surface area contributed by atoms with E-state index in [9.17, 15) is 14.7 Å². The van der Waals surface area contributed by atoms with E-state index in [-0.39, 0.29) is 29.3 Å². The largest absolute Gasteiger partial charge is 0.459 e. The van der Waals surface area contributed by atoms with E-state index in [0.717, 1.165) is 0 Å². The van der Waals surface area contributed by atoms with Crippen molar-refractivity contribution >= 4 is 29.2 Å². The summed E-state index contributed by atoms with van der Waals surface area (Å²) >= 11 is 5.40. The monoisotopic (exact) mass is 329 g/mol. The summed E-state index contributed by atoms with van der Waals surface area (Å²) in [7, 11) is 0. The number of benzene rings is 1. The van der Waals surface area contributed by atoms with Crippen molar-refractivity contribution in [1.82, 2.24) is 0 Å². The second-order valence-corrected chi connectivity index (χ2v) is 6.02. The molecule has 0 spiro atoms. The molecule has 7 heteroatoms. The number of anilines is 1. The van der Waals surface area contributed by atoms with Crippen LogP contribution in [-0.2, 0) is 9.47 Å². The molecule has 0 amide bonds. The third-order valence-electron chi connectivity index (χ3n) is 2.49. The van der Waals surface area contributed by atoms with Crippen LogP contribution < -0.4 is 5.73 Å². The van der Waals surface area contributed by atoms with Gasteiger partial charge in [-0.15, -0.1) is 11.6 Å². The normalized spacial score (nSPS) is 12.6. The van der Waals surface area contributed by atoms with Gasteiger partial charge in [-0.25, -0.2) is 9.59 Å². The van der Waals surface area contributed by atoms with E-state index < -0.39 is 23.6 Å². The van der Waals surface area contributed by atoms with Crippen LogP contribution in [0.15, 0.2) is 18.2 Å². The van der Waals surface area contributed by atoms with Crippen LogP contribution in [0.5, 0.6) is 0 Å². The highest BCUT2D eigenvalue weighted by molar-refractivity contribution is 6.18. The van der Waals surface area contributed by atoms with Gasteiger partial charge in [0.15, 0.2) is 0 Å². The van der Waals surface area contributed by atoms with Gasteiger partial charge in [0.05, 0.1) is 17.0 Å². The number of carbonyl (C=O) groups excluding carboxylic acids is 2. The van der Waals surface area contributed by atoms with E-state index in [1.54, 1.807) is 20.8 Å². The third kappa shape index (κ3) is 5.54. The number of esters is 2. The van der Waals surface area contributed by atoms with Crippen LogP contribution in [0, 0.1) is 0 Å². The number of halogens is 1. The van der Waals surface area contributed by atoms with Crippen LogP contribution in [0.25, 0.3) is 0 Å². The Morgan fingerprint density at radius 1 is 1.32 bits per heavy atom. The first-order valence-corrected chi connectivity index (χ1v) is 7.21. The number of hydrogen-bond acceptors (Lipinski definition) is 6. The molecule has 22 heavy (non-hydrogen) atoms. The lowest BCUT2D eigenvalue weighted by atomic mass is 10.1. The van der Waals surface area contributed by atoms with Crippen molar-refractivity contribution in [3.05, 3.63) is 29.3 Å². The number of nitrogen functional groups attached to an aromatic ring is 1. The topological polar surface area (TPSA) is 98.9 Å². The zero-order valence-corrected chi connectivity index (χ0v) is 13.5. The van der Waals surface area contributed by atoms with Gasteiger partial charge < -0.3 is 20.3 Å². The maximum atomic E-state index is 11.9. The quantitative estimate of drug-likeness (QED) is 0.487. The van der Waals surface area contributed by atoms with Crippen LogP contribution in [0.4, 0.5) is 5.69 Å². The Labute approximate surface area is 134 Å². The van der Waals surface area contributed by atoms with E-state index >= 15 is 0 Å². The number of alkyl halides is 1. The van der Waals surface area contributed by atoms with Crippen LogP contribution in [0.3, 0.4) is 0 Å². The Morgan fingerprint density at radius 2 is 1.95 bits per heavy atom. The minimum absolute atomic E-state index is 0.0413. The number of aliphatic hydroxyl groups excluding tert-OH is 1.